The fraction of sp³-hybridized carbons (Fsp3) is 0.455. The summed E-state index contributed by atoms with van der Waals surface area (Å²) in [6.45, 7) is 0. The Kier molecular flexibility index (Phi) is 2.68. The van der Waals surface area contributed by atoms with Crippen LogP contribution in [0.4, 0.5) is 4.39 Å². The molecule has 1 saturated carbocycles. The molecule has 1 aromatic carbocycles. The molecule has 0 unspecified atom stereocenters. The third kappa shape index (κ3) is 1.78. The quantitative estimate of drug-likeness (QED) is 0.691. The highest BCUT2D eigenvalue weighted by molar-refractivity contribution is 9.10. The van der Waals surface area contributed by atoms with E-state index in [4.69, 9.17) is 0 Å². The predicted octanol–water partition coefficient (Wildman–Crippen LogP) is 4.25. The molecule has 1 aliphatic rings. The maximum Gasteiger partial charge on any atom is 0.127 e. The molecule has 0 spiro atoms. The molecular formula is C11H12BrF. The highest BCUT2D eigenvalue weighted by Crippen LogP contribution is 2.38. The van der Waals surface area contributed by atoms with E-state index in [-0.39, 0.29) is 5.82 Å². The average Bonchev–Trinajstić information content (AvgIpc) is 2.57. The van der Waals surface area contributed by atoms with Crippen LogP contribution in [0.25, 0.3) is 0 Å². The van der Waals surface area contributed by atoms with E-state index < -0.39 is 0 Å². The van der Waals surface area contributed by atoms with Crippen LogP contribution in [0, 0.1) is 5.82 Å². The number of hydrogen-bond donors (Lipinski definition) is 0. The van der Waals surface area contributed by atoms with Gasteiger partial charge in [0.05, 0.1) is 0 Å². The van der Waals surface area contributed by atoms with Crippen LogP contribution in [0.1, 0.15) is 37.2 Å². The van der Waals surface area contributed by atoms with Crippen LogP contribution in [0.15, 0.2) is 22.7 Å². The Balaban J connectivity index is 2.37. The molecule has 0 atom stereocenters. The summed E-state index contributed by atoms with van der Waals surface area (Å²) in [6, 6.07) is 5.23. The third-order valence-electron chi connectivity index (χ3n) is 2.76. The summed E-state index contributed by atoms with van der Waals surface area (Å²) in [4.78, 5) is 0. The van der Waals surface area contributed by atoms with Crippen LogP contribution in [-0.2, 0) is 0 Å². The maximum atomic E-state index is 13.5. The molecule has 70 valence electrons. The highest BCUT2D eigenvalue weighted by Gasteiger charge is 2.21. The first-order valence-electron chi connectivity index (χ1n) is 4.73. The maximum absolute atomic E-state index is 13.5. The number of benzene rings is 1. The lowest BCUT2D eigenvalue weighted by atomic mass is 9.97. The van der Waals surface area contributed by atoms with Gasteiger partial charge in [0.15, 0.2) is 0 Å². The van der Waals surface area contributed by atoms with Gasteiger partial charge in [-0.15, -0.1) is 0 Å². The summed E-state index contributed by atoms with van der Waals surface area (Å²) >= 11 is 3.42. The number of rotatable bonds is 1. The van der Waals surface area contributed by atoms with E-state index in [1.807, 2.05) is 6.07 Å². The summed E-state index contributed by atoms with van der Waals surface area (Å²) in [6.07, 6.45) is 4.76. The molecule has 0 bridgehead atoms. The zero-order chi connectivity index (χ0) is 9.26. The SMILES string of the molecule is Fc1cccc(Br)c1C1CCCC1. The van der Waals surface area contributed by atoms with Gasteiger partial charge in [0, 0.05) is 10.0 Å². The molecule has 0 heterocycles. The van der Waals surface area contributed by atoms with Crippen LogP contribution in [-0.4, -0.2) is 0 Å². The van der Waals surface area contributed by atoms with Crippen molar-refractivity contribution in [1.29, 1.82) is 0 Å². The standard InChI is InChI=1S/C11H12BrF/c12-9-6-3-7-10(13)11(9)8-4-1-2-5-8/h3,6-8H,1-2,4-5H2. The van der Waals surface area contributed by atoms with Crippen molar-refractivity contribution in [3.05, 3.63) is 34.1 Å². The minimum atomic E-state index is -0.0544. The second-order valence-electron chi connectivity index (χ2n) is 3.62. The second-order valence-corrected chi connectivity index (χ2v) is 4.47. The van der Waals surface area contributed by atoms with Gasteiger partial charge in [-0.3, -0.25) is 0 Å². The van der Waals surface area contributed by atoms with Gasteiger partial charge < -0.3 is 0 Å². The van der Waals surface area contributed by atoms with Gasteiger partial charge in [-0.25, -0.2) is 4.39 Å². The molecule has 1 aromatic rings. The second kappa shape index (κ2) is 3.79. The smallest absolute Gasteiger partial charge is 0.127 e. The first-order valence-corrected chi connectivity index (χ1v) is 5.52. The lowest BCUT2D eigenvalue weighted by Gasteiger charge is -2.12. The lowest BCUT2D eigenvalue weighted by molar-refractivity contribution is 0.578. The van der Waals surface area contributed by atoms with E-state index >= 15 is 0 Å². The molecule has 0 nitrogen and oxygen atoms in total. The van der Waals surface area contributed by atoms with E-state index in [0.717, 1.165) is 22.9 Å². The Labute approximate surface area is 86.3 Å². The van der Waals surface area contributed by atoms with Crippen molar-refractivity contribution < 1.29 is 4.39 Å². The largest absolute Gasteiger partial charge is 0.207 e. The highest BCUT2D eigenvalue weighted by atomic mass is 79.9. The summed E-state index contributed by atoms with van der Waals surface area (Å²) in [5.41, 5.74) is 0.889. The van der Waals surface area contributed by atoms with Crippen LogP contribution in [0.3, 0.4) is 0 Å². The summed E-state index contributed by atoms with van der Waals surface area (Å²) in [5.74, 6) is 0.386. The molecule has 0 saturated heterocycles. The van der Waals surface area contributed by atoms with Crippen molar-refractivity contribution >= 4 is 15.9 Å². The third-order valence-corrected chi connectivity index (χ3v) is 3.45. The van der Waals surface area contributed by atoms with Crippen LogP contribution >= 0.6 is 15.9 Å². The fourth-order valence-corrected chi connectivity index (χ4v) is 2.78. The molecule has 0 amide bonds. The van der Waals surface area contributed by atoms with Crippen molar-refractivity contribution in [2.24, 2.45) is 0 Å². The van der Waals surface area contributed by atoms with Crippen LogP contribution < -0.4 is 0 Å². The molecule has 2 heteroatoms. The van der Waals surface area contributed by atoms with E-state index in [2.05, 4.69) is 15.9 Å². The van der Waals surface area contributed by atoms with E-state index in [1.165, 1.54) is 12.8 Å². The number of halogens is 2. The van der Waals surface area contributed by atoms with Crippen molar-refractivity contribution in [2.45, 2.75) is 31.6 Å². The molecule has 0 aliphatic heterocycles. The molecule has 0 N–H and O–H groups in total. The van der Waals surface area contributed by atoms with Gasteiger partial charge in [-0.05, 0) is 30.9 Å². The van der Waals surface area contributed by atoms with Gasteiger partial charge in [-0.2, -0.15) is 0 Å². The normalized spacial score (nSPS) is 18.0. The molecule has 2 rings (SSSR count). The summed E-state index contributed by atoms with van der Waals surface area (Å²) < 4.78 is 14.4. The first kappa shape index (κ1) is 9.20. The Bertz CT molecular complexity index is 283. The van der Waals surface area contributed by atoms with Crippen LogP contribution in [0.2, 0.25) is 0 Å². The molecule has 0 aromatic heterocycles. The van der Waals surface area contributed by atoms with Crippen molar-refractivity contribution in [3.63, 3.8) is 0 Å². The Morgan fingerprint density at radius 3 is 2.54 bits per heavy atom. The van der Waals surface area contributed by atoms with Crippen molar-refractivity contribution in [2.75, 3.05) is 0 Å². The summed E-state index contributed by atoms with van der Waals surface area (Å²) in [5, 5.41) is 0. The molecule has 1 aliphatic carbocycles. The monoisotopic (exact) mass is 242 g/mol. The minimum absolute atomic E-state index is 0.0544. The van der Waals surface area contributed by atoms with E-state index in [1.54, 1.807) is 12.1 Å². The zero-order valence-corrected chi connectivity index (χ0v) is 8.98. The van der Waals surface area contributed by atoms with Gasteiger partial charge in [0.25, 0.3) is 0 Å². The van der Waals surface area contributed by atoms with Gasteiger partial charge in [0.2, 0.25) is 0 Å². The first-order chi connectivity index (χ1) is 6.29. The summed E-state index contributed by atoms with van der Waals surface area (Å²) in [7, 11) is 0. The molecule has 1 fully saturated rings. The zero-order valence-electron chi connectivity index (χ0n) is 7.39. The van der Waals surface area contributed by atoms with E-state index in [9.17, 15) is 4.39 Å². The lowest BCUT2D eigenvalue weighted by Crippen LogP contribution is -1.97. The van der Waals surface area contributed by atoms with Gasteiger partial charge >= 0.3 is 0 Å². The fourth-order valence-electron chi connectivity index (χ4n) is 2.12. The minimum Gasteiger partial charge on any atom is -0.207 e. The Hall–Kier alpha value is -0.370. The topological polar surface area (TPSA) is 0 Å². The van der Waals surface area contributed by atoms with Crippen molar-refractivity contribution in [3.8, 4) is 0 Å². The molecular weight excluding hydrogens is 231 g/mol. The molecule has 13 heavy (non-hydrogen) atoms. The molecule has 0 radical (unpaired) electrons. The number of hydrogen-bond acceptors (Lipinski definition) is 0. The van der Waals surface area contributed by atoms with Gasteiger partial charge in [-0.1, -0.05) is 34.8 Å². The Morgan fingerprint density at radius 2 is 1.92 bits per heavy atom. The predicted molar refractivity (Wildman–Crippen MR) is 55.3 cm³/mol. The Morgan fingerprint density at radius 1 is 1.23 bits per heavy atom. The van der Waals surface area contributed by atoms with Gasteiger partial charge in [0.1, 0.15) is 5.82 Å². The van der Waals surface area contributed by atoms with Crippen LogP contribution in [0.5, 0.6) is 0 Å². The average molecular weight is 243 g/mol. The van der Waals surface area contributed by atoms with Crippen molar-refractivity contribution in [1.82, 2.24) is 0 Å². The van der Waals surface area contributed by atoms with E-state index in [0.29, 0.717) is 5.92 Å².